The summed E-state index contributed by atoms with van der Waals surface area (Å²) >= 11 is 5.71. The normalized spacial score (nSPS) is 26.0. The highest BCUT2D eigenvalue weighted by Gasteiger charge is 2.23. The van der Waals surface area contributed by atoms with Gasteiger partial charge in [-0.25, -0.2) is 0 Å². The molecule has 0 fully saturated rings. The molecule has 3 nitrogen and oxygen atoms in total. The topological polar surface area (TPSA) is 54.4 Å². The Morgan fingerprint density at radius 3 is 2.57 bits per heavy atom. The van der Waals surface area contributed by atoms with Gasteiger partial charge in [0.2, 0.25) is 0 Å². The maximum Gasteiger partial charge on any atom is 0.296 e. The smallest absolute Gasteiger partial charge is 0.282 e. The standard InChI is InChI=1S/C9H11ClO3S/c1-3-7-5-9(14(11,12)13)8(10)4-6(7)2/h3-6H,1-2H3,(H,11,12,13). The second-order valence-electron chi connectivity index (χ2n) is 3.08. The Morgan fingerprint density at radius 1 is 1.57 bits per heavy atom. The lowest BCUT2D eigenvalue weighted by Gasteiger charge is -2.16. The second kappa shape index (κ2) is 3.88. The van der Waals surface area contributed by atoms with E-state index in [4.69, 9.17) is 16.2 Å². The highest BCUT2D eigenvalue weighted by Crippen LogP contribution is 2.31. The summed E-state index contributed by atoms with van der Waals surface area (Å²) in [6, 6.07) is 0. The first kappa shape index (κ1) is 11.5. The molecule has 78 valence electrons. The molecule has 0 saturated heterocycles. The molecule has 0 spiro atoms. The molecular weight excluding hydrogens is 224 g/mol. The van der Waals surface area contributed by atoms with Gasteiger partial charge in [-0.1, -0.05) is 30.7 Å². The van der Waals surface area contributed by atoms with E-state index in [1.165, 1.54) is 6.08 Å². The Kier molecular flexibility index (Phi) is 3.19. The molecule has 0 saturated carbocycles. The molecule has 1 aliphatic rings. The molecule has 14 heavy (non-hydrogen) atoms. The van der Waals surface area contributed by atoms with Gasteiger partial charge in [0.1, 0.15) is 4.91 Å². The van der Waals surface area contributed by atoms with E-state index in [2.05, 4.69) is 0 Å². The van der Waals surface area contributed by atoms with Crippen LogP contribution in [0.1, 0.15) is 13.8 Å². The molecule has 0 radical (unpaired) electrons. The molecule has 5 heteroatoms. The van der Waals surface area contributed by atoms with Crippen LogP contribution in [0.2, 0.25) is 0 Å². The summed E-state index contributed by atoms with van der Waals surface area (Å²) in [5.74, 6) is 0.0676. The van der Waals surface area contributed by atoms with E-state index in [9.17, 15) is 8.42 Å². The van der Waals surface area contributed by atoms with E-state index in [1.54, 1.807) is 19.1 Å². The quantitative estimate of drug-likeness (QED) is 0.710. The van der Waals surface area contributed by atoms with Crippen molar-refractivity contribution in [3.05, 3.63) is 33.7 Å². The van der Waals surface area contributed by atoms with Gasteiger partial charge in [0.05, 0.1) is 5.03 Å². The van der Waals surface area contributed by atoms with E-state index in [1.807, 2.05) is 6.92 Å². The van der Waals surface area contributed by atoms with Crippen molar-refractivity contribution >= 4 is 21.7 Å². The predicted molar refractivity (Wildman–Crippen MR) is 56.5 cm³/mol. The summed E-state index contributed by atoms with van der Waals surface area (Å²) in [4.78, 5) is -0.231. The van der Waals surface area contributed by atoms with Crippen LogP contribution in [0.4, 0.5) is 0 Å². The molecule has 1 atom stereocenters. The lowest BCUT2D eigenvalue weighted by Crippen LogP contribution is -2.09. The Balaban J connectivity index is 3.28. The molecule has 1 N–H and O–H groups in total. The van der Waals surface area contributed by atoms with Crippen molar-refractivity contribution in [1.82, 2.24) is 0 Å². The fourth-order valence-electron chi connectivity index (χ4n) is 1.29. The summed E-state index contributed by atoms with van der Waals surface area (Å²) in [5, 5.41) is 0.0746. The summed E-state index contributed by atoms with van der Waals surface area (Å²) in [6.45, 7) is 3.70. The fraction of sp³-hybridized carbons (Fsp3) is 0.333. The number of rotatable bonds is 1. The Hall–Kier alpha value is -0.580. The first-order valence-electron chi connectivity index (χ1n) is 4.09. The van der Waals surface area contributed by atoms with Crippen molar-refractivity contribution in [2.75, 3.05) is 0 Å². The van der Waals surface area contributed by atoms with Gasteiger partial charge in [0.15, 0.2) is 0 Å². The first-order valence-corrected chi connectivity index (χ1v) is 5.91. The Labute approximate surface area is 88.5 Å². The van der Waals surface area contributed by atoms with Crippen LogP contribution in [0.3, 0.4) is 0 Å². The predicted octanol–water partition coefficient (Wildman–Crippen LogP) is 2.48. The zero-order valence-electron chi connectivity index (χ0n) is 7.86. The van der Waals surface area contributed by atoms with Gasteiger partial charge in [-0.15, -0.1) is 0 Å². The van der Waals surface area contributed by atoms with Gasteiger partial charge in [0, 0.05) is 5.92 Å². The number of hydrogen-bond donors (Lipinski definition) is 1. The van der Waals surface area contributed by atoms with Crippen molar-refractivity contribution < 1.29 is 13.0 Å². The van der Waals surface area contributed by atoms with Crippen LogP contribution in [0.5, 0.6) is 0 Å². The maximum atomic E-state index is 10.9. The van der Waals surface area contributed by atoms with E-state index >= 15 is 0 Å². The van der Waals surface area contributed by atoms with Crippen molar-refractivity contribution in [2.24, 2.45) is 5.92 Å². The zero-order chi connectivity index (χ0) is 10.9. The third-order valence-corrected chi connectivity index (χ3v) is 3.40. The van der Waals surface area contributed by atoms with Crippen LogP contribution in [0.25, 0.3) is 0 Å². The zero-order valence-corrected chi connectivity index (χ0v) is 9.43. The van der Waals surface area contributed by atoms with Crippen LogP contribution in [0.15, 0.2) is 33.7 Å². The van der Waals surface area contributed by atoms with Gasteiger partial charge in [-0.2, -0.15) is 8.42 Å². The van der Waals surface area contributed by atoms with Crippen LogP contribution < -0.4 is 0 Å². The fourth-order valence-corrected chi connectivity index (χ4v) is 2.43. The number of allylic oxidation sites excluding steroid dienone is 5. The van der Waals surface area contributed by atoms with Gasteiger partial charge < -0.3 is 0 Å². The molecule has 0 aromatic carbocycles. The Bertz CT molecular complexity index is 429. The van der Waals surface area contributed by atoms with E-state index < -0.39 is 10.1 Å². The lowest BCUT2D eigenvalue weighted by molar-refractivity contribution is 0.491. The first-order chi connectivity index (χ1) is 6.36. The second-order valence-corrected chi connectivity index (χ2v) is 4.87. The van der Waals surface area contributed by atoms with Crippen LogP contribution >= 0.6 is 11.6 Å². The Morgan fingerprint density at radius 2 is 2.14 bits per heavy atom. The summed E-state index contributed by atoms with van der Waals surface area (Å²) < 4.78 is 30.7. The van der Waals surface area contributed by atoms with Crippen LogP contribution in [-0.2, 0) is 10.1 Å². The lowest BCUT2D eigenvalue weighted by atomic mass is 9.96. The molecule has 0 aromatic heterocycles. The largest absolute Gasteiger partial charge is 0.296 e. The van der Waals surface area contributed by atoms with Crippen molar-refractivity contribution in [3.63, 3.8) is 0 Å². The molecule has 0 aromatic rings. The number of hydrogen-bond acceptors (Lipinski definition) is 2. The van der Waals surface area contributed by atoms with Crippen molar-refractivity contribution in [2.45, 2.75) is 13.8 Å². The van der Waals surface area contributed by atoms with Gasteiger partial charge >= 0.3 is 0 Å². The minimum atomic E-state index is -4.22. The van der Waals surface area contributed by atoms with Gasteiger partial charge in [0.25, 0.3) is 10.1 Å². The molecule has 1 rings (SSSR count). The highest BCUT2D eigenvalue weighted by molar-refractivity contribution is 7.90. The molecular formula is C9H11ClO3S. The summed E-state index contributed by atoms with van der Waals surface area (Å²) in [5.41, 5.74) is 0.821. The average molecular weight is 235 g/mol. The van der Waals surface area contributed by atoms with E-state index in [0.29, 0.717) is 0 Å². The average Bonchev–Trinajstić information content (AvgIpc) is 2.02. The monoisotopic (exact) mass is 234 g/mol. The van der Waals surface area contributed by atoms with Crippen LogP contribution in [-0.4, -0.2) is 13.0 Å². The van der Waals surface area contributed by atoms with E-state index in [0.717, 1.165) is 5.57 Å². The third kappa shape index (κ3) is 2.26. The van der Waals surface area contributed by atoms with Crippen LogP contribution in [0, 0.1) is 5.92 Å². The molecule has 0 bridgehead atoms. The van der Waals surface area contributed by atoms with Gasteiger partial charge in [-0.05, 0) is 18.6 Å². The summed E-state index contributed by atoms with van der Waals surface area (Å²) in [6.07, 6.45) is 4.78. The minimum absolute atomic E-state index is 0.0676. The maximum absolute atomic E-state index is 10.9. The highest BCUT2D eigenvalue weighted by atomic mass is 35.5. The molecule has 0 amide bonds. The van der Waals surface area contributed by atoms with Gasteiger partial charge in [-0.3, -0.25) is 4.55 Å². The van der Waals surface area contributed by atoms with E-state index in [-0.39, 0.29) is 15.9 Å². The molecule has 1 unspecified atom stereocenters. The van der Waals surface area contributed by atoms with Crippen molar-refractivity contribution in [3.8, 4) is 0 Å². The number of halogens is 1. The molecule has 0 heterocycles. The third-order valence-electron chi connectivity index (χ3n) is 2.07. The summed E-state index contributed by atoms with van der Waals surface area (Å²) in [7, 11) is -4.22. The van der Waals surface area contributed by atoms with Crippen molar-refractivity contribution in [1.29, 1.82) is 0 Å². The molecule has 1 aliphatic carbocycles. The minimum Gasteiger partial charge on any atom is -0.282 e. The molecule has 0 aliphatic heterocycles. The SMILES string of the molecule is CC=C1C=C(S(=O)(=O)O)C(Cl)=CC1C.